The molecule has 0 aliphatic rings. The van der Waals surface area contributed by atoms with Gasteiger partial charge in [0.05, 0.1) is 11.8 Å². The van der Waals surface area contributed by atoms with E-state index in [-0.39, 0.29) is 5.56 Å². The van der Waals surface area contributed by atoms with Crippen molar-refractivity contribution in [2.24, 2.45) is 5.10 Å². The van der Waals surface area contributed by atoms with Crippen LogP contribution in [0, 0.1) is 0 Å². The highest BCUT2D eigenvalue weighted by Gasteiger charge is 2.00. The van der Waals surface area contributed by atoms with Crippen LogP contribution in [0.25, 0.3) is 0 Å². The second-order valence-electron chi connectivity index (χ2n) is 3.36. The number of carboxylic acids is 1. The first-order valence-electron chi connectivity index (χ1n) is 4.94. The number of aromatic carboxylic acids is 1. The van der Waals surface area contributed by atoms with E-state index in [1.165, 1.54) is 29.4 Å². The highest BCUT2D eigenvalue weighted by molar-refractivity contribution is 5.89. The van der Waals surface area contributed by atoms with E-state index in [1.54, 1.807) is 12.1 Å². The van der Waals surface area contributed by atoms with Crippen LogP contribution in [-0.4, -0.2) is 32.2 Å². The van der Waals surface area contributed by atoms with Gasteiger partial charge in [-0.3, -0.25) is 0 Å². The van der Waals surface area contributed by atoms with Gasteiger partial charge >= 0.3 is 5.97 Å². The van der Waals surface area contributed by atoms with Gasteiger partial charge < -0.3 is 10.9 Å². The number of carbonyl (C=O) groups is 1. The molecule has 0 bridgehead atoms. The van der Waals surface area contributed by atoms with Gasteiger partial charge in [0.15, 0.2) is 0 Å². The molecule has 0 aliphatic carbocycles. The Hall–Kier alpha value is -2.90. The number of nitrogens with zero attached hydrogens (tertiary/aromatic N) is 4. The first kappa shape index (κ1) is 11.6. The fourth-order valence-electron chi connectivity index (χ4n) is 1.20. The van der Waals surface area contributed by atoms with Gasteiger partial charge in [-0.15, -0.1) is 10.2 Å². The third-order valence-corrected chi connectivity index (χ3v) is 2.11. The summed E-state index contributed by atoms with van der Waals surface area (Å²) >= 11 is 0. The SMILES string of the molecule is Nn1cnnc1N/N=C\c1ccc(C(=O)O)cc1. The molecule has 0 amide bonds. The van der Waals surface area contributed by atoms with Crippen LogP contribution in [0.15, 0.2) is 35.7 Å². The average Bonchev–Trinajstić information content (AvgIpc) is 2.76. The molecule has 1 aromatic heterocycles. The van der Waals surface area contributed by atoms with Crippen LogP contribution < -0.4 is 11.3 Å². The number of anilines is 1. The fraction of sp³-hybridized carbons (Fsp3) is 0. The number of rotatable bonds is 4. The molecule has 0 radical (unpaired) electrons. The Balaban J connectivity index is 2.01. The Morgan fingerprint density at radius 1 is 1.44 bits per heavy atom. The summed E-state index contributed by atoms with van der Waals surface area (Å²) in [5.74, 6) is 4.80. The van der Waals surface area contributed by atoms with Crippen molar-refractivity contribution in [3.05, 3.63) is 41.7 Å². The van der Waals surface area contributed by atoms with E-state index in [0.29, 0.717) is 5.95 Å². The zero-order valence-corrected chi connectivity index (χ0v) is 9.19. The van der Waals surface area contributed by atoms with Crippen LogP contribution in [0.4, 0.5) is 5.95 Å². The molecule has 92 valence electrons. The summed E-state index contributed by atoms with van der Waals surface area (Å²) in [6.07, 6.45) is 2.85. The van der Waals surface area contributed by atoms with Crippen molar-refractivity contribution in [2.45, 2.75) is 0 Å². The van der Waals surface area contributed by atoms with Gasteiger partial charge in [-0.25, -0.2) is 14.9 Å². The standard InChI is InChI=1S/C10H10N6O2/c11-16-6-13-15-10(16)14-12-5-7-1-3-8(4-2-7)9(17)18/h1-6H,11H2,(H,14,15)(H,17,18)/b12-5-. The molecule has 0 saturated heterocycles. The third kappa shape index (κ3) is 2.61. The van der Waals surface area contributed by atoms with Crippen LogP contribution in [0.1, 0.15) is 15.9 Å². The lowest BCUT2D eigenvalue weighted by Crippen LogP contribution is -2.10. The molecule has 1 aromatic carbocycles. The van der Waals surface area contributed by atoms with Crippen LogP contribution >= 0.6 is 0 Å². The van der Waals surface area contributed by atoms with E-state index in [0.717, 1.165) is 5.56 Å². The number of nitrogen functional groups attached to an aromatic ring is 1. The van der Waals surface area contributed by atoms with E-state index in [2.05, 4.69) is 20.7 Å². The Morgan fingerprint density at radius 3 is 2.72 bits per heavy atom. The number of nitrogens with two attached hydrogens (primary N) is 1. The van der Waals surface area contributed by atoms with Crippen molar-refractivity contribution in [1.82, 2.24) is 14.9 Å². The number of benzene rings is 1. The fourth-order valence-corrected chi connectivity index (χ4v) is 1.20. The van der Waals surface area contributed by atoms with Gasteiger partial charge in [0, 0.05) is 0 Å². The minimum Gasteiger partial charge on any atom is -0.478 e. The maximum Gasteiger partial charge on any atom is 0.335 e. The first-order chi connectivity index (χ1) is 8.66. The van der Waals surface area contributed by atoms with Crippen molar-refractivity contribution in [3.8, 4) is 0 Å². The molecule has 0 unspecified atom stereocenters. The predicted octanol–water partition coefficient (Wildman–Crippen LogP) is 0.136. The maximum atomic E-state index is 10.6. The molecule has 4 N–H and O–H groups in total. The van der Waals surface area contributed by atoms with E-state index in [9.17, 15) is 4.79 Å². The van der Waals surface area contributed by atoms with Crippen molar-refractivity contribution in [3.63, 3.8) is 0 Å². The van der Waals surface area contributed by atoms with Crippen LogP contribution in [-0.2, 0) is 0 Å². The molecular weight excluding hydrogens is 236 g/mol. The van der Waals surface area contributed by atoms with Crippen molar-refractivity contribution >= 4 is 18.1 Å². The number of hydrogen-bond donors (Lipinski definition) is 3. The molecular formula is C10H10N6O2. The quantitative estimate of drug-likeness (QED) is 0.401. The molecule has 1 heterocycles. The Morgan fingerprint density at radius 2 is 2.17 bits per heavy atom. The Bertz CT molecular complexity index is 574. The molecule has 0 spiro atoms. The normalized spacial score (nSPS) is 10.7. The van der Waals surface area contributed by atoms with Crippen molar-refractivity contribution in [2.75, 3.05) is 11.3 Å². The minimum absolute atomic E-state index is 0.224. The molecule has 0 atom stereocenters. The lowest BCUT2D eigenvalue weighted by atomic mass is 10.1. The second kappa shape index (κ2) is 4.95. The predicted molar refractivity (Wildman–Crippen MR) is 64.8 cm³/mol. The summed E-state index contributed by atoms with van der Waals surface area (Å²) in [6, 6.07) is 6.27. The van der Waals surface area contributed by atoms with Gasteiger partial charge in [0.1, 0.15) is 6.33 Å². The minimum atomic E-state index is -0.965. The number of nitrogens with one attached hydrogen (secondary N) is 1. The summed E-state index contributed by atoms with van der Waals surface area (Å²) in [6.45, 7) is 0. The van der Waals surface area contributed by atoms with Gasteiger partial charge in [-0.1, -0.05) is 12.1 Å². The molecule has 8 heteroatoms. The number of hydrazone groups is 1. The van der Waals surface area contributed by atoms with Crippen molar-refractivity contribution < 1.29 is 9.90 Å². The summed E-state index contributed by atoms with van der Waals surface area (Å²) in [5, 5.41) is 19.9. The number of carboxylic acid groups (broad SMARTS) is 1. The topological polar surface area (TPSA) is 118 Å². The lowest BCUT2D eigenvalue weighted by molar-refractivity contribution is 0.0697. The monoisotopic (exact) mass is 246 g/mol. The number of hydrogen-bond acceptors (Lipinski definition) is 6. The molecule has 0 saturated carbocycles. The second-order valence-corrected chi connectivity index (χ2v) is 3.36. The van der Waals surface area contributed by atoms with Gasteiger partial charge in [0.25, 0.3) is 5.95 Å². The average molecular weight is 246 g/mol. The van der Waals surface area contributed by atoms with Gasteiger partial charge in [-0.2, -0.15) is 5.10 Å². The highest BCUT2D eigenvalue weighted by atomic mass is 16.4. The highest BCUT2D eigenvalue weighted by Crippen LogP contribution is 2.02. The molecule has 18 heavy (non-hydrogen) atoms. The van der Waals surface area contributed by atoms with Gasteiger partial charge in [-0.05, 0) is 17.7 Å². The van der Waals surface area contributed by atoms with Crippen LogP contribution in [0.2, 0.25) is 0 Å². The Labute approximate surface area is 102 Å². The van der Waals surface area contributed by atoms with Crippen LogP contribution in [0.5, 0.6) is 0 Å². The van der Waals surface area contributed by atoms with Gasteiger partial charge in [0.2, 0.25) is 0 Å². The maximum absolute atomic E-state index is 10.6. The molecule has 0 aliphatic heterocycles. The number of aromatic nitrogens is 3. The Kier molecular flexibility index (Phi) is 3.19. The van der Waals surface area contributed by atoms with Crippen LogP contribution in [0.3, 0.4) is 0 Å². The molecule has 2 rings (SSSR count). The zero-order chi connectivity index (χ0) is 13.0. The molecule has 0 fully saturated rings. The summed E-state index contributed by atoms with van der Waals surface area (Å²) in [7, 11) is 0. The van der Waals surface area contributed by atoms with E-state index < -0.39 is 5.97 Å². The van der Waals surface area contributed by atoms with Crippen molar-refractivity contribution in [1.29, 1.82) is 0 Å². The van der Waals surface area contributed by atoms with E-state index in [4.69, 9.17) is 10.9 Å². The van der Waals surface area contributed by atoms with E-state index in [1.807, 2.05) is 0 Å². The molecule has 8 nitrogen and oxygen atoms in total. The largest absolute Gasteiger partial charge is 0.478 e. The third-order valence-electron chi connectivity index (χ3n) is 2.11. The smallest absolute Gasteiger partial charge is 0.335 e. The molecule has 2 aromatic rings. The first-order valence-corrected chi connectivity index (χ1v) is 4.94. The zero-order valence-electron chi connectivity index (χ0n) is 9.19. The summed E-state index contributed by atoms with van der Waals surface area (Å²) in [5.41, 5.74) is 3.57. The van der Waals surface area contributed by atoms with E-state index >= 15 is 0 Å². The summed E-state index contributed by atoms with van der Waals surface area (Å²) in [4.78, 5) is 10.6. The lowest BCUT2D eigenvalue weighted by Gasteiger charge is -1.98. The summed E-state index contributed by atoms with van der Waals surface area (Å²) < 4.78 is 1.19.